The van der Waals surface area contributed by atoms with Gasteiger partial charge in [0, 0.05) is 17.6 Å². The molecule has 1 aliphatic carbocycles. The smallest absolute Gasteiger partial charge is 0.322 e. The Morgan fingerprint density at radius 2 is 2.04 bits per heavy atom. The minimum absolute atomic E-state index is 0.0754. The van der Waals surface area contributed by atoms with Gasteiger partial charge >= 0.3 is 6.03 Å². The van der Waals surface area contributed by atoms with Crippen molar-refractivity contribution in [3.8, 4) is 0 Å². The molecular weight excluding hydrogens is 297 g/mol. The number of fused-ring (bicyclic) bond motifs is 1. The minimum atomic E-state index is -0.694. The predicted molar refractivity (Wildman–Crippen MR) is 85.6 cm³/mol. The molecule has 3 atom stereocenters. The number of urea groups is 1. The lowest BCUT2D eigenvalue weighted by Crippen LogP contribution is -2.44. The Bertz CT molecular complexity index is 634. The molecule has 3 amide bonds. The van der Waals surface area contributed by atoms with Crippen LogP contribution in [0.15, 0.2) is 18.2 Å². The second kappa shape index (κ2) is 6.18. The number of nitrogens with zero attached hydrogens (tertiary/aromatic N) is 1. The first kappa shape index (κ1) is 15.8. The van der Waals surface area contributed by atoms with E-state index in [1.54, 1.807) is 0 Å². The molecule has 2 aliphatic rings. The molecule has 1 saturated heterocycles. The van der Waals surface area contributed by atoms with Crippen molar-refractivity contribution in [2.75, 3.05) is 5.32 Å². The Hall–Kier alpha value is -2.11. The number of anilines is 1. The summed E-state index contributed by atoms with van der Waals surface area (Å²) < 4.78 is 14.0. The van der Waals surface area contributed by atoms with E-state index in [1.165, 1.54) is 25.0 Å². The summed E-state index contributed by atoms with van der Waals surface area (Å²) in [5, 5.41) is 2.64. The summed E-state index contributed by atoms with van der Waals surface area (Å²) in [7, 11) is 0. The molecule has 3 N–H and O–H groups in total. The van der Waals surface area contributed by atoms with Crippen LogP contribution in [-0.2, 0) is 0 Å². The number of hydrogen-bond acceptors (Lipinski definition) is 2. The molecule has 0 bridgehead atoms. The van der Waals surface area contributed by atoms with Crippen LogP contribution in [0, 0.1) is 11.7 Å². The third kappa shape index (κ3) is 3.02. The molecule has 2 fully saturated rings. The molecular formula is C17H22FN3O2. The molecule has 1 heterocycles. The maximum absolute atomic E-state index is 14.0. The summed E-state index contributed by atoms with van der Waals surface area (Å²) in [6, 6.07) is 4.00. The fourth-order valence-corrected chi connectivity index (χ4v) is 4.01. The third-order valence-electron chi connectivity index (χ3n) is 5.07. The van der Waals surface area contributed by atoms with Crippen LogP contribution < -0.4 is 11.1 Å². The zero-order chi connectivity index (χ0) is 16.6. The van der Waals surface area contributed by atoms with E-state index in [2.05, 4.69) is 5.32 Å². The van der Waals surface area contributed by atoms with Gasteiger partial charge in [0.1, 0.15) is 5.82 Å². The average Bonchev–Trinajstić information content (AvgIpc) is 2.84. The van der Waals surface area contributed by atoms with Crippen molar-refractivity contribution in [2.45, 2.75) is 51.1 Å². The van der Waals surface area contributed by atoms with Gasteiger partial charge in [0.05, 0.1) is 5.69 Å². The molecule has 3 rings (SSSR count). The molecule has 5 nitrogen and oxygen atoms in total. The second-order valence-corrected chi connectivity index (χ2v) is 6.59. The molecule has 1 saturated carbocycles. The Kier molecular flexibility index (Phi) is 4.24. The molecule has 1 aromatic rings. The number of carbonyl (C=O) groups excluding carboxylic acids is 2. The summed E-state index contributed by atoms with van der Waals surface area (Å²) in [6.45, 7) is 2.05. The number of nitrogens with one attached hydrogen (secondary N) is 1. The van der Waals surface area contributed by atoms with E-state index in [9.17, 15) is 14.0 Å². The quantitative estimate of drug-likeness (QED) is 0.879. The zero-order valence-electron chi connectivity index (χ0n) is 13.2. The first-order valence-electron chi connectivity index (χ1n) is 8.16. The summed E-state index contributed by atoms with van der Waals surface area (Å²) in [6.07, 6.45) is 5.57. The molecule has 6 heteroatoms. The number of hydrogen-bond donors (Lipinski definition) is 2. The minimum Gasteiger partial charge on any atom is -0.366 e. The van der Waals surface area contributed by atoms with E-state index in [0.29, 0.717) is 5.92 Å². The Labute approximate surface area is 135 Å². The van der Waals surface area contributed by atoms with Gasteiger partial charge in [-0.25, -0.2) is 9.18 Å². The van der Waals surface area contributed by atoms with Crippen molar-refractivity contribution in [1.82, 2.24) is 4.90 Å². The lowest BCUT2D eigenvalue weighted by atomic mass is 9.85. The number of primary amides is 1. The number of likely N-dealkylation sites (tertiary alicyclic amines) is 1. The first-order chi connectivity index (χ1) is 11.0. The van der Waals surface area contributed by atoms with Crippen LogP contribution in [0.2, 0.25) is 0 Å². The maximum Gasteiger partial charge on any atom is 0.322 e. The van der Waals surface area contributed by atoms with Crippen LogP contribution in [0.3, 0.4) is 0 Å². The van der Waals surface area contributed by atoms with Crippen LogP contribution in [-0.4, -0.2) is 28.9 Å². The summed E-state index contributed by atoms with van der Waals surface area (Å²) in [5.74, 6) is -0.784. The third-order valence-corrected chi connectivity index (χ3v) is 5.07. The number of amides is 3. The fraction of sp³-hybridized carbons (Fsp3) is 0.529. The van der Waals surface area contributed by atoms with Gasteiger partial charge in [0.15, 0.2) is 0 Å². The molecule has 3 unspecified atom stereocenters. The molecule has 1 aliphatic heterocycles. The van der Waals surface area contributed by atoms with Gasteiger partial charge in [-0.1, -0.05) is 12.8 Å². The summed E-state index contributed by atoms with van der Waals surface area (Å²) >= 11 is 0. The molecule has 0 radical (unpaired) electrons. The van der Waals surface area contributed by atoms with Crippen LogP contribution in [0.25, 0.3) is 0 Å². The standard InChI is InChI=1S/C17H22FN3O2/c1-10-8-11-4-2-3-5-15(11)21(10)17(23)20-14-7-6-12(16(19)22)9-13(14)18/h6-7,9-11,15H,2-5,8H2,1H3,(H2,19,22)(H,20,23). The molecule has 124 valence electrons. The van der Waals surface area contributed by atoms with Gasteiger partial charge in [-0.2, -0.15) is 0 Å². The lowest BCUT2D eigenvalue weighted by Gasteiger charge is -2.33. The van der Waals surface area contributed by atoms with E-state index in [0.717, 1.165) is 25.3 Å². The van der Waals surface area contributed by atoms with Crippen LogP contribution >= 0.6 is 0 Å². The Balaban J connectivity index is 1.75. The summed E-state index contributed by atoms with van der Waals surface area (Å²) in [4.78, 5) is 25.5. The monoisotopic (exact) mass is 319 g/mol. The van der Waals surface area contributed by atoms with Gasteiger partial charge < -0.3 is 16.0 Å². The highest BCUT2D eigenvalue weighted by Crippen LogP contribution is 2.39. The number of benzene rings is 1. The number of rotatable bonds is 2. The Morgan fingerprint density at radius 1 is 1.30 bits per heavy atom. The van der Waals surface area contributed by atoms with Gasteiger partial charge in [-0.3, -0.25) is 4.79 Å². The van der Waals surface area contributed by atoms with Crippen LogP contribution in [0.4, 0.5) is 14.9 Å². The van der Waals surface area contributed by atoms with E-state index < -0.39 is 11.7 Å². The van der Waals surface area contributed by atoms with Crippen molar-refractivity contribution in [3.63, 3.8) is 0 Å². The highest BCUT2D eigenvalue weighted by Gasteiger charge is 2.42. The number of nitrogens with two attached hydrogens (primary N) is 1. The van der Waals surface area contributed by atoms with Gasteiger partial charge in [-0.15, -0.1) is 0 Å². The first-order valence-corrected chi connectivity index (χ1v) is 8.16. The average molecular weight is 319 g/mol. The maximum atomic E-state index is 14.0. The highest BCUT2D eigenvalue weighted by molar-refractivity contribution is 5.94. The largest absolute Gasteiger partial charge is 0.366 e. The van der Waals surface area contributed by atoms with Gasteiger partial charge in [0.2, 0.25) is 5.91 Å². The number of halogens is 1. The van der Waals surface area contributed by atoms with Crippen LogP contribution in [0.5, 0.6) is 0 Å². The van der Waals surface area contributed by atoms with Crippen LogP contribution in [0.1, 0.15) is 49.4 Å². The molecule has 23 heavy (non-hydrogen) atoms. The Morgan fingerprint density at radius 3 is 2.74 bits per heavy atom. The van der Waals surface area contributed by atoms with E-state index in [4.69, 9.17) is 5.73 Å². The fourth-order valence-electron chi connectivity index (χ4n) is 4.01. The lowest BCUT2D eigenvalue weighted by molar-refractivity contribution is 0.1000. The number of carbonyl (C=O) groups is 2. The van der Waals surface area contributed by atoms with Gasteiger partial charge in [0.25, 0.3) is 0 Å². The van der Waals surface area contributed by atoms with Crippen molar-refractivity contribution in [2.24, 2.45) is 11.7 Å². The summed E-state index contributed by atoms with van der Waals surface area (Å²) in [5.41, 5.74) is 5.28. The highest BCUT2D eigenvalue weighted by atomic mass is 19.1. The van der Waals surface area contributed by atoms with E-state index >= 15 is 0 Å². The SMILES string of the molecule is CC1CC2CCCCC2N1C(=O)Nc1ccc(C(N)=O)cc1F. The van der Waals surface area contributed by atoms with Crippen molar-refractivity contribution in [3.05, 3.63) is 29.6 Å². The van der Waals surface area contributed by atoms with Gasteiger partial charge in [-0.05, 0) is 50.3 Å². The topological polar surface area (TPSA) is 75.4 Å². The van der Waals surface area contributed by atoms with Crippen molar-refractivity contribution in [1.29, 1.82) is 0 Å². The van der Waals surface area contributed by atoms with E-state index in [-0.39, 0.29) is 29.4 Å². The zero-order valence-corrected chi connectivity index (χ0v) is 13.2. The molecule has 1 aromatic carbocycles. The van der Waals surface area contributed by atoms with Crippen molar-refractivity contribution < 1.29 is 14.0 Å². The normalized spacial score (nSPS) is 26.7. The second-order valence-electron chi connectivity index (χ2n) is 6.59. The van der Waals surface area contributed by atoms with E-state index in [1.807, 2.05) is 11.8 Å². The molecule has 0 aromatic heterocycles. The molecule has 0 spiro atoms. The predicted octanol–water partition coefficient (Wildman–Crippen LogP) is 3.11. The van der Waals surface area contributed by atoms with Crippen molar-refractivity contribution >= 4 is 17.6 Å².